The Morgan fingerprint density at radius 1 is 1.10 bits per heavy atom. The second-order valence-corrected chi connectivity index (χ2v) is 8.96. The Balaban J connectivity index is 1.43. The average molecular weight is 422 g/mol. The first-order chi connectivity index (χ1) is 14.0. The maximum absolute atomic E-state index is 13.9. The number of hydrogen-bond donors (Lipinski definition) is 0. The van der Waals surface area contributed by atoms with Gasteiger partial charge in [-0.3, -0.25) is 4.90 Å². The molecule has 1 fully saturated rings. The molecule has 0 amide bonds. The smallest absolute Gasteiger partial charge is 0.243 e. The van der Waals surface area contributed by atoms with Crippen molar-refractivity contribution in [2.75, 3.05) is 40.1 Å². The topological polar surface area (TPSA) is 68.3 Å². The van der Waals surface area contributed by atoms with Crippen LogP contribution in [-0.2, 0) is 27.9 Å². The van der Waals surface area contributed by atoms with Gasteiger partial charge in [0.05, 0.1) is 18.6 Å². The van der Waals surface area contributed by atoms with E-state index in [1.165, 1.54) is 23.5 Å². The average Bonchev–Trinajstić information content (AvgIpc) is 2.74. The van der Waals surface area contributed by atoms with Crippen LogP contribution in [0, 0.1) is 5.82 Å². The van der Waals surface area contributed by atoms with Gasteiger partial charge in [-0.25, -0.2) is 12.8 Å². The summed E-state index contributed by atoms with van der Waals surface area (Å²) in [5.74, 6) is 0.958. The third-order valence-electron chi connectivity index (χ3n) is 5.17. The number of piperazine rings is 1. The molecule has 2 aromatic rings. The van der Waals surface area contributed by atoms with Gasteiger partial charge in [0.1, 0.15) is 17.3 Å². The Bertz CT molecular complexity index is 973. The second kappa shape index (κ2) is 8.27. The Morgan fingerprint density at radius 3 is 2.52 bits per heavy atom. The minimum Gasteiger partial charge on any atom is -0.497 e. The van der Waals surface area contributed by atoms with E-state index < -0.39 is 10.0 Å². The van der Waals surface area contributed by atoms with Crippen molar-refractivity contribution in [3.05, 3.63) is 53.3 Å². The van der Waals surface area contributed by atoms with Gasteiger partial charge in [0.2, 0.25) is 10.0 Å². The molecule has 9 heteroatoms. The normalized spacial score (nSPS) is 18.1. The number of ether oxygens (including phenoxy) is 3. The molecule has 2 aliphatic rings. The zero-order chi connectivity index (χ0) is 20.4. The van der Waals surface area contributed by atoms with Crippen molar-refractivity contribution in [3.63, 3.8) is 0 Å². The summed E-state index contributed by atoms with van der Waals surface area (Å²) in [6.07, 6.45) is 0. The molecule has 2 aliphatic heterocycles. The van der Waals surface area contributed by atoms with Crippen LogP contribution in [0.5, 0.6) is 11.5 Å². The molecule has 0 saturated carbocycles. The molecule has 0 spiro atoms. The fraction of sp³-hybridized carbons (Fsp3) is 0.400. The molecular weight excluding hydrogens is 399 g/mol. The minimum atomic E-state index is -3.55. The zero-order valence-corrected chi connectivity index (χ0v) is 17.0. The SMILES string of the molecule is COc1ccc(S(=O)(=O)N2CCN(Cc3cc(F)cc4c3OCOC4)CC2)cc1. The van der Waals surface area contributed by atoms with Crippen LogP contribution in [0.15, 0.2) is 41.3 Å². The third-order valence-corrected chi connectivity index (χ3v) is 7.09. The molecule has 0 unspecified atom stereocenters. The summed E-state index contributed by atoms with van der Waals surface area (Å²) in [5, 5.41) is 0. The van der Waals surface area contributed by atoms with E-state index >= 15 is 0 Å². The Morgan fingerprint density at radius 2 is 1.83 bits per heavy atom. The van der Waals surface area contributed by atoms with Crippen LogP contribution < -0.4 is 9.47 Å². The van der Waals surface area contributed by atoms with Crippen molar-refractivity contribution in [2.24, 2.45) is 0 Å². The first-order valence-electron chi connectivity index (χ1n) is 9.36. The molecule has 7 nitrogen and oxygen atoms in total. The van der Waals surface area contributed by atoms with Gasteiger partial charge in [-0.05, 0) is 36.4 Å². The van der Waals surface area contributed by atoms with E-state index in [9.17, 15) is 12.8 Å². The molecule has 2 heterocycles. The van der Waals surface area contributed by atoms with Crippen LogP contribution in [-0.4, -0.2) is 57.7 Å². The Hall–Kier alpha value is -2.20. The molecule has 29 heavy (non-hydrogen) atoms. The fourth-order valence-corrected chi connectivity index (χ4v) is 5.06. The van der Waals surface area contributed by atoms with Gasteiger partial charge < -0.3 is 14.2 Å². The highest BCUT2D eigenvalue weighted by molar-refractivity contribution is 7.89. The van der Waals surface area contributed by atoms with E-state index in [0.29, 0.717) is 56.4 Å². The number of methoxy groups -OCH3 is 1. The summed E-state index contributed by atoms with van der Waals surface area (Å²) in [6.45, 7) is 2.82. The lowest BCUT2D eigenvalue weighted by Crippen LogP contribution is -2.48. The molecule has 0 aromatic heterocycles. The summed E-state index contributed by atoms with van der Waals surface area (Å²) in [6, 6.07) is 9.29. The molecule has 156 valence electrons. The Kier molecular flexibility index (Phi) is 5.73. The second-order valence-electron chi connectivity index (χ2n) is 7.02. The van der Waals surface area contributed by atoms with E-state index in [-0.39, 0.29) is 17.5 Å². The van der Waals surface area contributed by atoms with Crippen molar-refractivity contribution in [2.45, 2.75) is 18.0 Å². The number of benzene rings is 2. The van der Waals surface area contributed by atoms with Crippen molar-refractivity contribution in [1.29, 1.82) is 0 Å². The lowest BCUT2D eigenvalue weighted by atomic mass is 10.1. The van der Waals surface area contributed by atoms with Gasteiger partial charge in [0.15, 0.2) is 6.79 Å². The van der Waals surface area contributed by atoms with Crippen molar-refractivity contribution < 1.29 is 27.0 Å². The highest BCUT2D eigenvalue weighted by atomic mass is 32.2. The molecule has 0 N–H and O–H groups in total. The standard InChI is InChI=1S/C20H23FN2O5S/c1-26-18-2-4-19(5-3-18)29(24,25)23-8-6-22(7-9-23)12-15-10-17(21)11-16-13-27-14-28-20(15)16/h2-5,10-11H,6-9,12-14H2,1H3. The van der Waals surface area contributed by atoms with Crippen LogP contribution in [0.2, 0.25) is 0 Å². The number of nitrogens with zero attached hydrogens (tertiary/aromatic N) is 2. The van der Waals surface area contributed by atoms with E-state index in [4.69, 9.17) is 14.2 Å². The highest BCUT2D eigenvalue weighted by Crippen LogP contribution is 2.31. The van der Waals surface area contributed by atoms with Crippen molar-refractivity contribution >= 4 is 10.0 Å². The van der Waals surface area contributed by atoms with Crippen LogP contribution in [0.25, 0.3) is 0 Å². The van der Waals surface area contributed by atoms with E-state index in [1.54, 1.807) is 24.3 Å². The van der Waals surface area contributed by atoms with Gasteiger partial charge in [-0.15, -0.1) is 0 Å². The van der Waals surface area contributed by atoms with E-state index in [0.717, 1.165) is 5.56 Å². The monoisotopic (exact) mass is 422 g/mol. The van der Waals surface area contributed by atoms with Gasteiger partial charge in [-0.1, -0.05) is 0 Å². The van der Waals surface area contributed by atoms with Gasteiger partial charge >= 0.3 is 0 Å². The Labute approximate surface area is 169 Å². The van der Waals surface area contributed by atoms with Crippen LogP contribution >= 0.6 is 0 Å². The van der Waals surface area contributed by atoms with Gasteiger partial charge in [0, 0.05) is 43.9 Å². The van der Waals surface area contributed by atoms with Gasteiger partial charge in [-0.2, -0.15) is 4.31 Å². The van der Waals surface area contributed by atoms with Crippen LogP contribution in [0.1, 0.15) is 11.1 Å². The number of halogens is 1. The molecule has 0 radical (unpaired) electrons. The first-order valence-corrected chi connectivity index (χ1v) is 10.8. The summed E-state index contributed by atoms with van der Waals surface area (Å²) in [4.78, 5) is 2.35. The predicted molar refractivity (Wildman–Crippen MR) is 104 cm³/mol. The summed E-state index contributed by atoms with van der Waals surface area (Å²) >= 11 is 0. The summed E-state index contributed by atoms with van der Waals surface area (Å²) in [5.41, 5.74) is 1.46. The van der Waals surface area contributed by atoms with Gasteiger partial charge in [0.25, 0.3) is 0 Å². The number of sulfonamides is 1. The summed E-state index contributed by atoms with van der Waals surface area (Å²) < 4.78 is 57.0. The lowest BCUT2D eigenvalue weighted by Gasteiger charge is -2.34. The first kappa shape index (κ1) is 20.1. The number of hydrogen-bond acceptors (Lipinski definition) is 6. The van der Waals surface area contributed by atoms with Crippen LogP contribution in [0.4, 0.5) is 4.39 Å². The highest BCUT2D eigenvalue weighted by Gasteiger charge is 2.29. The largest absolute Gasteiger partial charge is 0.497 e. The zero-order valence-electron chi connectivity index (χ0n) is 16.1. The molecule has 0 aliphatic carbocycles. The molecule has 4 rings (SSSR count). The molecule has 0 atom stereocenters. The molecule has 2 aromatic carbocycles. The predicted octanol–water partition coefficient (Wildman–Crippen LogP) is 2.21. The maximum Gasteiger partial charge on any atom is 0.243 e. The molecule has 0 bridgehead atoms. The van der Waals surface area contributed by atoms with E-state index in [1.807, 2.05) is 0 Å². The van der Waals surface area contributed by atoms with Crippen LogP contribution in [0.3, 0.4) is 0 Å². The van der Waals surface area contributed by atoms with Crippen molar-refractivity contribution in [3.8, 4) is 11.5 Å². The molecule has 1 saturated heterocycles. The van der Waals surface area contributed by atoms with E-state index in [2.05, 4.69) is 4.90 Å². The maximum atomic E-state index is 13.9. The van der Waals surface area contributed by atoms with Crippen molar-refractivity contribution in [1.82, 2.24) is 9.21 Å². The number of fused-ring (bicyclic) bond motifs is 1. The lowest BCUT2D eigenvalue weighted by molar-refractivity contribution is -0.0178. The number of rotatable bonds is 5. The molecular formula is C20H23FN2O5S. The summed E-state index contributed by atoms with van der Waals surface area (Å²) in [7, 11) is -2.02. The fourth-order valence-electron chi connectivity index (χ4n) is 3.64. The minimum absolute atomic E-state index is 0.152. The third kappa shape index (κ3) is 4.23. The quantitative estimate of drug-likeness (QED) is 0.736.